The quantitative estimate of drug-likeness (QED) is 0.839. The Morgan fingerprint density at radius 2 is 2.21 bits per heavy atom. The number of ether oxygens (including phenoxy) is 1. The highest BCUT2D eigenvalue weighted by Gasteiger charge is 2.26. The smallest absolute Gasteiger partial charge is 0.206 e. The number of nitrogens with one attached hydrogen (secondary N) is 1. The van der Waals surface area contributed by atoms with Crippen LogP contribution in [0.3, 0.4) is 0 Å². The number of tetrazole rings is 1. The van der Waals surface area contributed by atoms with E-state index >= 15 is 0 Å². The van der Waals surface area contributed by atoms with E-state index in [1.54, 1.807) is 0 Å². The van der Waals surface area contributed by atoms with Gasteiger partial charge in [0.2, 0.25) is 5.82 Å². The van der Waals surface area contributed by atoms with Gasteiger partial charge in [0.1, 0.15) is 25.7 Å². The monoisotopic (exact) mass is 331 g/mol. The molecule has 0 aliphatic carbocycles. The fourth-order valence-corrected chi connectivity index (χ4v) is 3.19. The topological polar surface area (TPSA) is 70.2 Å². The number of pyridine rings is 1. The molecular weight excluding hydrogens is 304 g/mol. The van der Waals surface area contributed by atoms with E-state index in [4.69, 9.17) is 4.74 Å². The Morgan fingerprint density at radius 3 is 2.88 bits per heavy atom. The van der Waals surface area contributed by atoms with Crippen LogP contribution < -0.4 is 4.90 Å². The number of hydrogen-bond acceptors (Lipinski definition) is 5. The standard InChI is InChI=1S/C17H26N6O/c1-17(2,3)23-16(19-20-21-23)13-22(12-15-7-5-9-24-15)11-14-6-4-8-18-10-14/h4,6,8,10,15H,5,7,9,11-13H2,1-3H3/p+1/t15-/m1/s1. The number of rotatable bonds is 6. The summed E-state index contributed by atoms with van der Waals surface area (Å²) in [7, 11) is 0. The van der Waals surface area contributed by atoms with E-state index in [-0.39, 0.29) is 5.54 Å². The van der Waals surface area contributed by atoms with Crippen molar-refractivity contribution in [1.29, 1.82) is 0 Å². The highest BCUT2D eigenvalue weighted by molar-refractivity contribution is 5.06. The second kappa shape index (κ2) is 7.36. The van der Waals surface area contributed by atoms with Gasteiger partial charge in [0, 0.05) is 24.6 Å². The molecule has 0 spiro atoms. The predicted octanol–water partition coefficient (Wildman–Crippen LogP) is 0.587. The molecule has 1 saturated heterocycles. The van der Waals surface area contributed by atoms with Crippen molar-refractivity contribution in [3.63, 3.8) is 0 Å². The summed E-state index contributed by atoms with van der Waals surface area (Å²) >= 11 is 0. The number of hydrogen-bond donors (Lipinski definition) is 1. The zero-order chi connectivity index (χ0) is 17.0. The normalized spacial score (nSPS) is 19.5. The first-order valence-corrected chi connectivity index (χ1v) is 8.64. The van der Waals surface area contributed by atoms with Crippen LogP contribution in [-0.2, 0) is 23.4 Å². The SMILES string of the molecule is CC(C)(C)n1nnnc1C[NH+](Cc1cccnc1)C[C@H]1CCCO1. The van der Waals surface area contributed by atoms with Gasteiger partial charge in [-0.3, -0.25) is 4.98 Å². The maximum atomic E-state index is 5.84. The summed E-state index contributed by atoms with van der Waals surface area (Å²) in [6, 6.07) is 4.10. The average molecular weight is 331 g/mol. The zero-order valence-electron chi connectivity index (χ0n) is 14.8. The van der Waals surface area contributed by atoms with Crippen molar-refractivity contribution < 1.29 is 9.64 Å². The highest BCUT2D eigenvalue weighted by atomic mass is 16.5. The molecular formula is C17H27N6O+. The maximum absolute atomic E-state index is 5.84. The van der Waals surface area contributed by atoms with Gasteiger partial charge in [-0.25, -0.2) is 4.68 Å². The van der Waals surface area contributed by atoms with Gasteiger partial charge in [0.15, 0.2) is 0 Å². The van der Waals surface area contributed by atoms with Gasteiger partial charge in [-0.15, -0.1) is 5.10 Å². The molecule has 3 heterocycles. The van der Waals surface area contributed by atoms with E-state index < -0.39 is 0 Å². The van der Waals surface area contributed by atoms with E-state index in [0.717, 1.165) is 44.9 Å². The average Bonchev–Trinajstić information content (AvgIpc) is 3.19. The Morgan fingerprint density at radius 1 is 1.33 bits per heavy atom. The molecule has 2 aromatic rings. The minimum atomic E-state index is -0.123. The Balaban J connectivity index is 1.75. The molecule has 7 heteroatoms. The second-order valence-corrected chi connectivity index (χ2v) is 7.48. The van der Waals surface area contributed by atoms with Gasteiger partial charge in [-0.05, 0) is 50.1 Å². The lowest BCUT2D eigenvalue weighted by molar-refractivity contribution is -0.931. The molecule has 0 bridgehead atoms. The third-order valence-electron chi connectivity index (χ3n) is 4.29. The van der Waals surface area contributed by atoms with Gasteiger partial charge in [0.25, 0.3) is 0 Å². The summed E-state index contributed by atoms with van der Waals surface area (Å²) in [5.41, 5.74) is 1.10. The van der Waals surface area contributed by atoms with Crippen LogP contribution in [-0.4, -0.2) is 44.4 Å². The molecule has 0 saturated carbocycles. The maximum Gasteiger partial charge on any atom is 0.206 e. The Labute approximate surface area is 143 Å². The molecule has 1 unspecified atom stereocenters. The van der Waals surface area contributed by atoms with E-state index in [0.29, 0.717) is 6.10 Å². The van der Waals surface area contributed by atoms with Crippen LogP contribution in [0.5, 0.6) is 0 Å². The van der Waals surface area contributed by atoms with Gasteiger partial charge in [-0.2, -0.15) is 0 Å². The van der Waals surface area contributed by atoms with Gasteiger partial charge in [0.05, 0.1) is 5.54 Å². The molecule has 24 heavy (non-hydrogen) atoms. The third kappa shape index (κ3) is 4.36. The molecule has 3 rings (SSSR count). The summed E-state index contributed by atoms with van der Waals surface area (Å²) in [6.45, 7) is 9.87. The van der Waals surface area contributed by atoms with Crippen LogP contribution in [0.15, 0.2) is 24.5 Å². The van der Waals surface area contributed by atoms with Crippen molar-refractivity contribution in [1.82, 2.24) is 25.2 Å². The van der Waals surface area contributed by atoms with Crippen LogP contribution in [0.4, 0.5) is 0 Å². The molecule has 1 aliphatic rings. The molecule has 0 amide bonds. The molecule has 1 N–H and O–H groups in total. The Kier molecular flexibility index (Phi) is 5.20. The van der Waals surface area contributed by atoms with Crippen molar-refractivity contribution in [2.45, 2.75) is 58.3 Å². The summed E-state index contributed by atoms with van der Waals surface area (Å²) < 4.78 is 7.77. The van der Waals surface area contributed by atoms with E-state index in [2.05, 4.69) is 47.3 Å². The fourth-order valence-electron chi connectivity index (χ4n) is 3.19. The first-order chi connectivity index (χ1) is 11.5. The minimum Gasteiger partial charge on any atom is -0.372 e. The van der Waals surface area contributed by atoms with Crippen LogP contribution in [0.25, 0.3) is 0 Å². The third-order valence-corrected chi connectivity index (χ3v) is 4.29. The summed E-state index contributed by atoms with van der Waals surface area (Å²) in [5.74, 6) is 0.916. The number of nitrogens with zero attached hydrogens (tertiary/aromatic N) is 5. The lowest BCUT2D eigenvalue weighted by Crippen LogP contribution is -3.10. The van der Waals surface area contributed by atoms with E-state index in [1.807, 2.05) is 23.1 Å². The van der Waals surface area contributed by atoms with Crippen molar-refractivity contribution in [3.05, 3.63) is 35.9 Å². The van der Waals surface area contributed by atoms with Crippen LogP contribution in [0, 0.1) is 0 Å². The molecule has 130 valence electrons. The van der Waals surface area contributed by atoms with Gasteiger partial charge in [-0.1, -0.05) is 6.07 Å². The predicted molar refractivity (Wildman–Crippen MR) is 89.3 cm³/mol. The van der Waals surface area contributed by atoms with Crippen LogP contribution >= 0.6 is 0 Å². The first kappa shape index (κ1) is 17.0. The van der Waals surface area contributed by atoms with Crippen LogP contribution in [0.2, 0.25) is 0 Å². The van der Waals surface area contributed by atoms with Crippen molar-refractivity contribution in [2.24, 2.45) is 0 Å². The summed E-state index contributed by atoms with van der Waals surface area (Å²) in [6.07, 6.45) is 6.37. The van der Waals surface area contributed by atoms with Crippen LogP contribution in [0.1, 0.15) is 45.0 Å². The molecule has 1 fully saturated rings. The zero-order valence-corrected chi connectivity index (χ0v) is 14.8. The lowest BCUT2D eigenvalue weighted by Gasteiger charge is -2.24. The highest BCUT2D eigenvalue weighted by Crippen LogP contribution is 2.13. The summed E-state index contributed by atoms with van der Waals surface area (Å²) in [5, 5.41) is 12.3. The Bertz CT molecular complexity index is 630. The van der Waals surface area contributed by atoms with Crippen molar-refractivity contribution >= 4 is 0 Å². The molecule has 1 aliphatic heterocycles. The molecule has 2 aromatic heterocycles. The number of aromatic nitrogens is 5. The minimum absolute atomic E-state index is 0.123. The molecule has 0 radical (unpaired) electrons. The molecule has 2 atom stereocenters. The van der Waals surface area contributed by atoms with Gasteiger partial charge >= 0.3 is 0 Å². The van der Waals surface area contributed by atoms with Gasteiger partial charge < -0.3 is 9.64 Å². The molecule has 0 aromatic carbocycles. The largest absolute Gasteiger partial charge is 0.372 e. The first-order valence-electron chi connectivity index (χ1n) is 8.64. The van der Waals surface area contributed by atoms with Crippen molar-refractivity contribution in [3.8, 4) is 0 Å². The second-order valence-electron chi connectivity index (χ2n) is 7.48. The fraction of sp³-hybridized carbons (Fsp3) is 0.647. The Hall–Kier alpha value is -1.86. The number of quaternary nitrogens is 1. The van der Waals surface area contributed by atoms with E-state index in [9.17, 15) is 0 Å². The molecule has 7 nitrogen and oxygen atoms in total. The van der Waals surface area contributed by atoms with E-state index in [1.165, 1.54) is 10.5 Å². The summed E-state index contributed by atoms with van der Waals surface area (Å²) in [4.78, 5) is 5.63. The van der Waals surface area contributed by atoms with Crippen molar-refractivity contribution in [2.75, 3.05) is 13.2 Å². The lowest BCUT2D eigenvalue weighted by atomic mass is 10.1.